The van der Waals surface area contributed by atoms with Gasteiger partial charge in [-0.05, 0) is 75.8 Å². The second kappa shape index (κ2) is 9.74. The van der Waals surface area contributed by atoms with E-state index in [0.29, 0.717) is 6.04 Å². The highest BCUT2D eigenvalue weighted by Crippen LogP contribution is 2.21. The fourth-order valence-electron chi connectivity index (χ4n) is 3.84. The van der Waals surface area contributed by atoms with E-state index in [9.17, 15) is 0 Å². The van der Waals surface area contributed by atoms with Crippen LogP contribution in [0.5, 0.6) is 0 Å². The summed E-state index contributed by atoms with van der Waals surface area (Å²) in [4.78, 5) is 2.65. The summed E-state index contributed by atoms with van der Waals surface area (Å²) in [5, 5.41) is 3.65. The highest BCUT2D eigenvalue weighted by molar-refractivity contribution is 5.18. The van der Waals surface area contributed by atoms with Crippen LogP contribution in [0.15, 0.2) is 60.7 Å². The Morgan fingerprint density at radius 2 is 1.60 bits per heavy atom. The first-order valence-corrected chi connectivity index (χ1v) is 9.86. The van der Waals surface area contributed by atoms with Crippen LogP contribution in [0.25, 0.3) is 0 Å². The maximum absolute atomic E-state index is 3.65. The Kier molecular flexibility index (Phi) is 7.08. The molecular formula is C23H32N2. The minimum atomic E-state index is 0.442. The van der Waals surface area contributed by atoms with Crippen LogP contribution in [0.1, 0.15) is 43.4 Å². The van der Waals surface area contributed by atoms with Crippen molar-refractivity contribution in [3.05, 3.63) is 71.8 Å². The van der Waals surface area contributed by atoms with Gasteiger partial charge in [-0.1, -0.05) is 60.7 Å². The van der Waals surface area contributed by atoms with E-state index < -0.39 is 0 Å². The second-order valence-corrected chi connectivity index (χ2v) is 7.41. The topological polar surface area (TPSA) is 15.3 Å². The Morgan fingerprint density at radius 1 is 0.960 bits per heavy atom. The number of hydrogen-bond acceptors (Lipinski definition) is 2. The summed E-state index contributed by atoms with van der Waals surface area (Å²) >= 11 is 0. The minimum absolute atomic E-state index is 0.442. The van der Waals surface area contributed by atoms with Crippen molar-refractivity contribution in [3.63, 3.8) is 0 Å². The molecule has 1 fully saturated rings. The van der Waals surface area contributed by atoms with Crippen molar-refractivity contribution in [2.24, 2.45) is 5.92 Å². The summed E-state index contributed by atoms with van der Waals surface area (Å²) in [7, 11) is 0. The lowest BCUT2D eigenvalue weighted by Gasteiger charge is -2.32. The first-order valence-electron chi connectivity index (χ1n) is 9.86. The van der Waals surface area contributed by atoms with Gasteiger partial charge in [-0.3, -0.25) is 0 Å². The summed E-state index contributed by atoms with van der Waals surface area (Å²) in [6, 6.07) is 22.1. The molecule has 2 aromatic carbocycles. The van der Waals surface area contributed by atoms with Gasteiger partial charge in [0.25, 0.3) is 0 Å². The van der Waals surface area contributed by atoms with Crippen LogP contribution < -0.4 is 5.32 Å². The molecule has 134 valence electrons. The number of rotatable bonds is 8. The average molecular weight is 337 g/mol. The van der Waals surface area contributed by atoms with Gasteiger partial charge in [-0.15, -0.1) is 0 Å². The predicted octanol–water partition coefficient (Wildman–Crippen LogP) is 4.68. The average Bonchev–Trinajstić information content (AvgIpc) is 2.68. The fraction of sp³-hybridized carbons (Fsp3) is 0.478. The Labute approximate surface area is 153 Å². The zero-order valence-corrected chi connectivity index (χ0v) is 15.5. The summed E-state index contributed by atoms with van der Waals surface area (Å²) < 4.78 is 0. The molecule has 0 aromatic heterocycles. The number of likely N-dealkylation sites (tertiary alicyclic amines) is 1. The third-order valence-electron chi connectivity index (χ3n) is 5.48. The van der Waals surface area contributed by atoms with Crippen molar-refractivity contribution in [1.29, 1.82) is 0 Å². The first kappa shape index (κ1) is 18.2. The molecule has 2 heteroatoms. The Balaban J connectivity index is 1.29. The van der Waals surface area contributed by atoms with Crippen molar-refractivity contribution < 1.29 is 0 Å². The number of piperidine rings is 1. The molecular weight excluding hydrogens is 304 g/mol. The van der Waals surface area contributed by atoms with E-state index in [0.717, 1.165) is 12.5 Å². The van der Waals surface area contributed by atoms with E-state index in [4.69, 9.17) is 0 Å². The molecule has 1 aliphatic rings. The van der Waals surface area contributed by atoms with E-state index in [-0.39, 0.29) is 0 Å². The fourth-order valence-corrected chi connectivity index (χ4v) is 3.84. The standard InChI is InChI=1S/C23H32N2/c1-20(23-11-6-3-7-12-23)24-15-8-16-25-17-13-22(14-18-25)19-21-9-4-2-5-10-21/h2-7,9-12,20,22,24H,8,13-19H2,1H3. The van der Waals surface area contributed by atoms with Gasteiger partial charge in [0.05, 0.1) is 0 Å². The van der Waals surface area contributed by atoms with Gasteiger partial charge in [0.2, 0.25) is 0 Å². The number of nitrogens with zero attached hydrogens (tertiary/aromatic N) is 1. The van der Waals surface area contributed by atoms with E-state index in [1.807, 2.05) is 0 Å². The molecule has 1 atom stereocenters. The molecule has 1 unspecified atom stereocenters. The molecule has 0 radical (unpaired) electrons. The van der Waals surface area contributed by atoms with Crippen LogP contribution in [0.4, 0.5) is 0 Å². The highest BCUT2D eigenvalue weighted by Gasteiger charge is 2.19. The van der Waals surface area contributed by atoms with Crippen molar-refractivity contribution in [3.8, 4) is 0 Å². The molecule has 1 heterocycles. The van der Waals surface area contributed by atoms with Gasteiger partial charge in [0, 0.05) is 6.04 Å². The van der Waals surface area contributed by atoms with E-state index >= 15 is 0 Å². The number of hydrogen-bond donors (Lipinski definition) is 1. The molecule has 0 amide bonds. The SMILES string of the molecule is CC(NCCCN1CCC(Cc2ccccc2)CC1)c1ccccc1. The van der Waals surface area contributed by atoms with Crippen LogP contribution in [0.2, 0.25) is 0 Å². The lowest BCUT2D eigenvalue weighted by Crippen LogP contribution is -2.36. The van der Waals surface area contributed by atoms with Gasteiger partial charge in [0.15, 0.2) is 0 Å². The maximum Gasteiger partial charge on any atom is 0.0291 e. The van der Waals surface area contributed by atoms with Gasteiger partial charge < -0.3 is 10.2 Å². The van der Waals surface area contributed by atoms with Gasteiger partial charge in [0.1, 0.15) is 0 Å². The summed E-state index contributed by atoms with van der Waals surface area (Å²) in [6.07, 6.45) is 5.19. The van der Waals surface area contributed by atoms with Crippen LogP contribution in [0, 0.1) is 5.92 Å². The van der Waals surface area contributed by atoms with E-state index in [1.165, 1.54) is 56.4 Å². The zero-order chi connectivity index (χ0) is 17.3. The largest absolute Gasteiger partial charge is 0.310 e. The smallest absolute Gasteiger partial charge is 0.0291 e. The van der Waals surface area contributed by atoms with Crippen LogP contribution in [0.3, 0.4) is 0 Å². The van der Waals surface area contributed by atoms with E-state index in [2.05, 4.69) is 77.8 Å². The summed E-state index contributed by atoms with van der Waals surface area (Å²) in [5.74, 6) is 0.870. The molecule has 0 bridgehead atoms. The minimum Gasteiger partial charge on any atom is -0.310 e. The molecule has 25 heavy (non-hydrogen) atoms. The predicted molar refractivity (Wildman–Crippen MR) is 107 cm³/mol. The van der Waals surface area contributed by atoms with Crippen molar-refractivity contribution in [1.82, 2.24) is 10.2 Å². The molecule has 0 saturated carbocycles. The molecule has 2 nitrogen and oxygen atoms in total. The quantitative estimate of drug-likeness (QED) is 0.704. The molecule has 0 aliphatic carbocycles. The van der Waals surface area contributed by atoms with Crippen LogP contribution in [-0.4, -0.2) is 31.1 Å². The number of benzene rings is 2. The van der Waals surface area contributed by atoms with Gasteiger partial charge >= 0.3 is 0 Å². The maximum atomic E-state index is 3.65. The van der Waals surface area contributed by atoms with Gasteiger partial charge in [-0.25, -0.2) is 0 Å². The van der Waals surface area contributed by atoms with Crippen molar-refractivity contribution >= 4 is 0 Å². The molecule has 1 saturated heterocycles. The Hall–Kier alpha value is -1.64. The van der Waals surface area contributed by atoms with Gasteiger partial charge in [-0.2, -0.15) is 0 Å². The highest BCUT2D eigenvalue weighted by atomic mass is 15.1. The molecule has 0 spiro atoms. The lowest BCUT2D eigenvalue weighted by molar-refractivity contribution is 0.181. The third-order valence-corrected chi connectivity index (χ3v) is 5.48. The van der Waals surface area contributed by atoms with Crippen molar-refractivity contribution in [2.75, 3.05) is 26.2 Å². The summed E-state index contributed by atoms with van der Waals surface area (Å²) in [5.41, 5.74) is 2.88. The third kappa shape index (κ3) is 5.98. The molecule has 1 aliphatic heterocycles. The second-order valence-electron chi connectivity index (χ2n) is 7.41. The van der Waals surface area contributed by atoms with E-state index in [1.54, 1.807) is 0 Å². The molecule has 3 rings (SSSR count). The molecule has 1 N–H and O–H groups in total. The Bertz CT molecular complexity index is 588. The lowest BCUT2D eigenvalue weighted by atomic mass is 9.90. The van der Waals surface area contributed by atoms with Crippen LogP contribution >= 0.6 is 0 Å². The van der Waals surface area contributed by atoms with Crippen LogP contribution in [-0.2, 0) is 6.42 Å². The first-order chi connectivity index (χ1) is 12.3. The summed E-state index contributed by atoms with van der Waals surface area (Å²) in [6.45, 7) is 7.12. The molecule has 2 aromatic rings. The van der Waals surface area contributed by atoms with Crippen molar-refractivity contribution in [2.45, 2.75) is 38.6 Å². The zero-order valence-electron chi connectivity index (χ0n) is 15.5. The number of nitrogens with one attached hydrogen (secondary N) is 1. The Morgan fingerprint density at radius 3 is 2.28 bits per heavy atom. The normalized spacial score (nSPS) is 17.5. The monoisotopic (exact) mass is 336 g/mol.